The van der Waals surface area contributed by atoms with Gasteiger partial charge >= 0.3 is 6.03 Å². The number of benzene rings is 1. The second-order valence-corrected chi connectivity index (χ2v) is 5.05. The Morgan fingerprint density at radius 3 is 2.85 bits per heavy atom. The minimum absolute atomic E-state index is 0.0796. The van der Waals surface area contributed by atoms with Gasteiger partial charge in [0, 0.05) is 6.54 Å². The van der Waals surface area contributed by atoms with E-state index >= 15 is 0 Å². The van der Waals surface area contributed by atoms with Gasteiger partial charge in [-0.2, -0.15) is 5.06 Å². The van der Waals surface area contributed by atoms with Crippen LogP contribution in [-0.4, -0.2) is 41.2 Å². The van der Waals surface area contributed by atoms with Gasteiger partial charge in [0.2, 0.25) is 6.41 Å². The third kappa shape index (κ3) is 2.34. The van der Waals surface area contributed by atoms with E-state index in [1.165, 1.54) is 5.06 Å². The lowest BCUT2D eigenvalue weighted by molar-refractivity contribution is -0.140. The van der Waals surface area contributed by atoms with Gasteiger partial charge in [-0.3, -0.25) is 9.63 Å². The van der Waals surface area contributed by atoms with Crippen LogP contribution in [0.4, 0.5) is 4.79 Å². The lowest BCUT2D eigenvalue weighted by Gasteiger charge is -2.29. The van der Waals surface area contributed by atoms with Crippen molar-refractivity contribution in [2.45, 2.75) is 31.7 Å². The molecule has 1 aromatic rings. The van der Waals surface area contributed by atoms with Crippen LogP contribution in [0.1, 0.15) is 18.4 Å². The largest absolute Gasteiger partial charge is 0.345 e. The van der Waals surface area contributed by atoms with Crippen molar-refractivity contribution in [1.29, 1.82) is 0 Å². The van der Waals surface area contributed by atoms with Gasteiger partial charge in [0.05, 0.1) is 6.04 Å². The molecule has 0 radical (unpaired) electrons. The van der Waals surface area contributed by atoms with Crippen molar-refractivity contribution in [3.8, 4) is 0 Å². The molecule has 2 aliphatic heterocycles. The summed E-state index contributed by atoms with van der Waals surface area (Å²) < 4.78 is 0. The number of fused-ring (bicyclic) bond motifs is 2. The van der Waals surface area contributed by atoms with Crippen LogP contribution in [-0.2, 0) is 16.2 Å². The Bertz CT molecular complexity index is 494. The molecule has 2 saturated heterocycles. The molecular weight excluding hydrogens is 258 g/mol. The number of hydrogen-bond acceptors (Lipinski definition) is 3. The Morgan fingerprint density at radius 1 is 1.30 bits per heavy atom. The van der Waals surface area contributed by atoms with E-state index in [9.17, 15) is 9.59 Å². The van der Waals surface area contributed by atoms with E-state index in [0.717, 1.165) is 18.4 Å². The van der Waals surface area contributed by atoms with Crippen LogP contribution in [0.5, 0.6) is 0 Å². The fourth-order valence-electron chi connectivity index (χ4n) is 2.77. The molecule has 6 nitrogen and oxygen atoms in total. The van der Waals surface area contributed by atoms with Gasteiger partial charge in [-0.25, -0.2) is 4.79 Å². The summed E-state index contributed by atoms with van der Waals surface area (Å²) in [6, 6.07) is 9.66. The summed E-state index contributed by atoms with van der Waals surface area (Å²) in [6.45, 7) is 0.988. The zero-order chi connectivity index (χ0) is 13.9. The summed E-state index contributed by atoms with van der Waals surface area (Å²) in [5, 5.41) is 4.14. The summed E-state index contributed by atoms with van der Waals surface area (Å²) in [5.41, 5.74) is 1.03. The third-order valence-electron chi connectivity index (χ3n) is 3.80. The molecule has 0 spiro atoms. The predicted molar refractivity (Wildman–Crippen MR) is 71.2 cm³/mol. The fraction of sp³-hybridized carbons (Fsp3) is 0.429. The molecule has 0 aromatic heterocycles. The molecular formula is C14H17N3O3. The van der Waals surface area contributed by atoms with Crippen LogP contribution in [0.3, 0.4) is 0 Å². The molecule has 2 heterocycles. The van der Waals surface area contributed by atoms with Crippen molar-refractivity contribution < 1.29 is 14.4 Å². The van der Waals surface area contributed by atoms with E-state index in [0.29, 0.717) is 19.6 Å². The predicted octanol–water partition coefficient (Wildman–Crippen LogP) is 1.09. The van der Waals surface area contributed by atoms with Gasteiger partial charge in [-0.1, -0.05) is 30.3 Å². The second kappa shape index (κ2) is 5.50. The van der Waals surface area contributed by atoms with Crippen LogP contribution in [0.2, 0.25) is 0 Å². The summed E-state index contributed by atoms with van der Waals surface area (Å²) in [7, 11) is 0. The standard InChI is InChI=1S/C14H17N3O3/c18-10-15-13-7-6-12-8-16(13)14(19)17(12)20-9-11-4-2-1-3-5-11/h1-5,10,12-13H,6-9H2,(H,15,18)/t12-,13+/m1/s1. The first-order valence-corrected chi connectivity index (χ1v) is 6.76. The Kier molecular flexibility index (Phi) is 3.56. The topological polar surface area (TPSA) is 61.9 Å². The SMILES string of the molecule is O=CN[C@@H]1CC[C@@H]2CN1C(=O)N2OCc1ccccc1. The highest BCUT2D eigenvalue weighted by molar-refractivity contribution is 5.77. The molecule has 2 atom stereocenters. The Balaban J connectivity index is 1.64. The zero-order valence-electron chi connectivity index (χ0n) is 11.1. The molecule has 2 bridgehead atoms. The zero-order valence-corrected chi connectivity index (χ0v) is 11.1. The van der Waals surface area contributed by atoms with E-state index in [1.54, 1.807) is 4.90 Å². The number of hydrogen-bond donors (Lipinski definition) is 1. The summed E-state index contributed by atoms with van der Waals surface area (Å²) in [5.74, 6) is 0. The van der Waals surface area contributed by atoms with Crippen LogP contribution in [0, 0.1) is 0 Å². The molecule has 106 valence electrons. The molecule has 1 aromatic carbocycles. The van der Waals surface area contributed by atoms with Crippen molar-refractivity contribution >= 4 is 12.4 Å². The maximum atomic E-state index is 12.3. The highest BCUT2D eigenvalue weighted by Crippen LogP contribution is 2.29. The average molecular weight is 275 g/mol. The summed E-state index contributed by atoms with van der Waals surface area (Å²) >= 11 is 0. The Hall–Kier alpha value is -2.08. The number of carbonyl (C=O) groups excluding carboxylic acids is 2. The smallest absolute Gasteiger partial charge is 0.338 e. The van der Waals surface area contributed by atoms with Gasteiger partial charge in [-0.15, -0.1) is 0 Å². The van der Waals surface area contributed by atoms with E-state index in [1.807, 2.05) is 30.3 Å². The average Bonchev–Trinajstić information content (AvgIpc) is 2.73. The van der Waals surface area contributed by atoms with E-state index in [2.05, 4.69) is 5.32 Å². The van der Waals surface area contributed by atoms with Crippen molar-refractivity contribution in [3.05, 3.63) is 35.9 Å². The first-order chi connectivity index (χ1) is 9.79. The Morgan fingerprint density at radius 2 is 2.10 bits per heavy atom. The van der Waals surface area contributed by atoms with Gasteiger partial charge in [0.1, 0.15) is 12.8 Å². The van der Waals surface area contributed by atoms with Gasteiger partial charge in [0.15, 0.2) is 0 Å². The van der Waals surface area contributed by atoms with Gasteiger partial charge in [0.25, 0.3) is 0 Å². The van der Waals surface area contributed by atoms with Gasteiger partial charge in [-0.05, 0) is 18.4 Å². The first-order valence-electron chi connectivity index (χ1n) is 6.76. The normalized spacial score (nSPS) is 24.9. The number of urea groups is 1. The molecule has 3 amide bonds. The van der Waals surface area contributed by atoms with Crippen LogP contribution in [0.25, 0.3) is 0 Å². The summed E-state index contributed by atoms with van der Waals surface area (Å²) in [4.78, 5) is 30.1. The first kappa shape index (κ1) is 12.9. The summed E-state index contributed by atoms with van der Waals surface area (Å²) in [6.07, 6.45) is 2.04. The van der Waals surface area contributed by atoms with Crippen molar-refractivity contribution in [2.75, 3.05) is 6.54 Å². The molecule has 2 fully saturated rings. The number of carbonyl (C=O) groups is 2. The maximum Gasteiger partial charge on any atom is 0.345 e. The van der Waals surface area contributed by atoms with Crippen LogP contribution >= 0.6 is 0 Å². The number of hydroxylamine groups is 2. The molecule has 0 saturated carbocycles. The maximum absolute atomic E-state index is 12.3. The van der Waals surface area contributed by atoms with Crippen molar-refractivity contribution in [2.24, 2.45) is 0 Å². The molecule has 20 heavy (non-hydrogen) atoms. The molecule has 1 N–H and O–H groups in total. The molecule has 3 rings (SSSR count). The third-order valence-corrected chi connectivity index (χ3v) is 3.80. The van der Waals surface area contributed by atoms with Crippen LogP contribution < -0.4 is 5.32 Å². The molecule has 0 unspecified atom stereocenters. The van der Waals surface area contributed by atoms with E-state index in [4.69, 9.17) is 4.84 Å². The highest BCUT2D eigenvalue weighted by Gasteiger charge is 2.45. The lowest BCUT2D eigenvalue weighted by Crippen LogP contribution is -2.48. The number of piperidine rings is 1. The lowest BCUT2D eigenvalue weighted by atomic mass is 10.1. The monoisotopic (exact) mass is 275 g/mol. The van der Waals surface area contributed by atoms with E-state index < -0.39 is 0 Å². The second-order valence-electron chi connectivity index (χ2n) is 5.05. The van der Waals surface area contributed by atoms with Crippen LogP contribution in [0.15, 0.2) is 30.3 Å². The highest BCUT2D eigenvalue weighted by atomic mass is 16.7. The van der Waals surface area contributed by atoms with E-state index in [-0.39, 0.29) is 18.2 Å². The van der Waals surface area contributed by atoms with Crippen molar-refractivity contribution in [3.63, 3.8) is 0 Å². The number of rotatable bonds is 5. The van der Waals surface area contributed by atoms with Crippen molar-refractivity contribution in [1.82, 2.24) is 15.3 Å². The number of nitrogens with one attached hydrogen (secondary N) is 1. The molecule has 6 heteroatoms. The Labute approximate surface area is 117 Å². The minimum atomic E-state index is -0.207. The van der Waals surface area contributed by atoms with Gasteiger partial charge < -0.3 is 10.2 Å². The minimum Gasteiger partial charge on any atom is -0.338 e. The quantitative estimate of drug-likeness (QED) is 0.818. The number of nitrogens with zero attached hydrogens (tertiary/aromatic N) is 2. The number of amides is 3. The fourth-order valence-corrected chi connectivity index (χ4v) is 2.77. The molecule has 2 aliphatic rings. The molecule has 0 aliphatic carbocycles.